The molecule has 0 spiro atoms. The fourth-order valence-corrected chi connectivity index (χ4v) is 2.31. The van der Waals surface area contributed by atoms with Crippen molar-refractivity contribution in [2.24, 2.45) is 5.92 Å². The number of rotatable bonds is 4. The van der Waals surface area contributed by atoms with Crippen molar-refractivity contribution in [1.82, 2.24) is 14.3 Å². The first kappa shape index (κ1) is 12.6. The Balaban J connectivity index is 1.89. The summed E-state index contributed by atoms with van der Waals surface area (Å²) >= 11 is 1.46. The van der Waals surface area contributed by atoms with E-state index in [0.29, 0.717) is 5.92 Å². The Morgan fingerprint density at radius 2 is 2.00 bits per heavy atom. The lowest BCUT2D eigenvalue weighted by molar-refractivity contribution is 0.311. The van der Waals surface area contributed by atoms with Crippen LogP contribution in [0.2, 0.25) is 0 Å². The zero-order valence-electron chi connectivity index (χ0n) is 10.8. The fraction of sp³-hybridized carbons (Fsp3) is 0.818. The lowest BCUT2D eigenvalue weighted by Crippen LogP contribution is -2.44. The maximum atomic E-state index is 4.53. The Morgan fingerprint density at radius 1 is 1.29 bits per heavy atom. The van der Waals surface area contributed by atoms with Gasteiger partial charge < -0.3 is 15.1 Å². The summed E-state index contributed by atoms with van der Waals surface area (Å²) in [5.41, 5.74) is 0. The molecule has 2 heterocycles. The minimum atomic E-state index is 0.631. The number of nitrogens with zero attached hydrogens (tertiary/aromatic N) is 4. The van der Waals surface area contributed by atoms with Crippen LogP contribution in [0.1, 0.15) is 13.8 Å². The third-order valence-corrected chi connectivity index (χ3v) is 3.53. The Labute approximate surface area is 107 Å². The van der Waals surface area contributed by atoms with Crippen molar-refractivity contribution in [2.75, 3.05) is 50.0 Å². The lowest BCUT2D eigenvalue weighted by atomic mass is 10.2. The summed E-state index contributed by atoms with van der Waals surface area (Å²) in [5.74, 6) is 1.51. The van der Waals surface area contributed by atoms with Crippen LogP contribution in [0.5, 0.6) is 0 Å². The molecule has 0 bridgehead atoms. The van der Waals surface area contributed by atoms with Gasteiger partial charge in [-0.1, -0.05) is 13.8 Å². The highest BCUT2D eigenvalue weighted by Crippen LogP contribution is 2.19. The Kier molecular flexibility index (Phi) is 4.17. The maximum Gasteiger partial charge on any atom is 0.239 e. The standard InChI is InChI=1S/C11H21N5S/c1-9(2)8-12-11-13-10(14-17-11)16-6-4-15(3)5-7-16/h9H,4-8H2,1-3H3,(H,12,13,14). The first-order valence-electron chi connectivity index (χ1n) is 6.16. The topological polar surface area (TPSA) is 44.3 Å². The van der Waals surface area contributed by atoms with Crippen LogP contribution in [-0.2, 0) is 0 Å². The van der Waals surface area contributed by atoms with Crippen LogP contribution in [0.4, 0.5) is 11.1 Å². The molecule has 1 saturated heterocycles. The quantitative estimate of drug-likeness (QED) is 0.880. The summed E-state index contributed by atoms with van der Waals surface area (Å²) in [4.78, 5) is 9.13. The van der Waals surface area contributed by atoms with Gasteiger partial charge in [0, 0.05) is 44.3 Å². The number of anilines is 2. The van der Waals surface area contributed by atoms with Crippen molar-refractivity contribution in [3.8, 4) is 0 Å². The van der Waals surface area contributed by atoms with Crippen molar-refractivity contribution in [3.63, 3.8) is 0 Å². The Hall–Kier alpha value is -0.880. The molecule has 1 aromatic heterocycles. The molecule has 2 rings (SSSR count). The van der Waals surface area contributed by atoms with Crippen molar-refractivity contribution < 1.29 is 0 Å². The summed E-state index contributed by atoms with van der Waals surface area (Å²) in [5, 5.41) is 4.26. The predicted molar refractivity (Wildman–Crippen MR) is 72.9 cm³/mol. The average Bonchev–Trinajstić information content (AvgIpc) is 2.76. The van der Waals surface area contributed by atoms with Crippen LogP contribution in [0.25, 0.3) is 0 Å². The second kappa shape index (κ2) is 5.64. The molecular weight excluding hydrogens is 234 g/mol. The van der Waals surface area contributed by atoms with Gasteiger partial charge >= 0.3 is 0 Å². The van der Waals surface area contributed by atoms with Gasteiger partial charge in [-0.2, -0.15) is 9.36 Å². The molecule has 1 fully saturated rings. The number of nitrogens with one attached hydrogen (secondary N) is 1. The second-order valence-electron chi connectivity index (χ2n) is 4.96. The summed E-state index contributed by atoms with van der Waals surface area (Å²) in [7, 11) is 2.15. The van der Waals surface area contributed by atoms with E-state index in [1.165, 1.54) is 11.5 Å². The average molecular weight is 255 g/mol. The smallest absolute Gasteiger partial charge is 0.239 e. The molecule has 5 nitrogen and oxygen atoms in total. The number of likely N-dealkylation sites (N-methyl/N-ethyl adjacent to an activating group) is 1. The molecule has 96 valence electrons. The molecule has 1 aromatic rings. The normalized spacial score (nSPS) is 17.8. The third-order valence-electron chi connectivity index (χ3n) is 2.86. The molecule has 17 heavy (non-hydrogen) atoms. The summed E-state index contributed by atoms with van der Waals surface area (Å²) < 4.78 is 4.42. The van der Waals surface area contributed by atoms with E-state index in [0.717, 1.165) is 43.8 Å². The lowest BCUT2D eigenvalue weighted by Gasteiger charge is -2.31. The maximum absolute atomic E-state index is 4.53. The highest BCUT2D eigenvalue weighted by atomic mass is 32.1. The third kappa shape index (κ3) is 3.54. The Morgan fingerprint density at radius 3 is 2.65 bits per heavy atom. The number of aromatic nitrogens is 2. The zero-order valence-corrected chi connectivity index (χ0v) is 11.6. The van der Waals surface area contributed by atoms with Gasteiger partial charge in [0.25, 0.3) is 0 Å². The van der Waals surface area contributed by atoms with Gasteiger partial charge in [-0.15, -0.1) is 0 Å². The molecule has 0 atom stereocenters. The molecule has 0 aliphatic carbocycles. The van der Waals surface area contributed by atoms with Gasteiger partial charge in [-0.25, -0.2) is 0 Å². The minimum absolute atomic E-state index is 0.631. The highest BCUT2D eigenvalue weighted by Gasteiger charge is 2.17. The molecule has 6 heteroatoms. The van der Waals surface area contributed by atoms with Crippen LogP contribution in [0.15, 0.2) is 0 Å². The Bertz CT molecular complexity index is 343. The van der Waals surface area contributed by atoms with Crippen molar-refractivity contribution in [1.29, 1.82) is 0 Å². The van der Waals surface area contributed by atoms with E-state index in [2.05, 4.69) is 45.4 Å². The van der Waals surface area contributed by atoms with Crippen LogP contribution in [0, 0.1) is 5.92 Å². The van der Waals surface area contributed by atoms with Crippen LogP contribution in [-0.4, -0.2) is 54.0 Å². The minimum Gasteiger partial charge on any atom is -0.360 e. The van der Waals surface area contributed by atoms with E-state index >= 15 is 0 Å². The molecule has 1 N–H and O–H groups in total. The molecule has 0 amide bonds. The monoisotopic (exact) mass is 255 g/mol. The molecule has 1 aliphatic rings. The number of hydrogen-bond acceptors (Lipinski definition) is 6. The van der Waals surface area contributed by atoms with Crippen molar-refractivity contribution >= 4 is 22.6 Å². The van der Waals surface area contributed by atoms with E-state index in [1.807, 2.05) is 0 Å². The van der Waals surface area contributed by atoms with E-state index in [4.69, 9.17) is 0 Å². The fourth-order valence-electron chi connectivity index (χ4n) is 1.71. The van der Waals surface area contributed by atoms with Gasteiger partial charge in [-0.3, -0.25) is 0 Å². The first-order valence-corrected chi connectivity index (χ1v) is 6.93. The second-order valence-corrected chi connectivity index (χ2v) is 5.72. The van der Waals surface area contributed by atoms with E-state index in [1.54, 1.807) is 0 Å². The van der Waals surface area contributed by atoms with Gasteiger partial charge in [0.1, 0.15) is 0 Å². The molecule has 0 unspecified atom stereocenters. The van der Waals surface area contributed by atoms with Gasteiger partial charge in [-0.05, 0) is 13.0 Å². The number of piperazine rings is 1. The summed E-state index contributed by atoms with van der Waals surface area (Å²) in [6.07, 6.45) is 0. The molecule has 1 aliphatic heterocycles. The van der Waals surface area contributed by atoms with Crippen LogP contribution in [0.3, 0.4) is 0 Å². The molecule has 0 aromatic carbocycles. The predicted octanol–water partition coefficient (Wildman–Crippen LogP) is 1.36. The van der Waals surface area contributed by atoms with E-state index < -0.39 is 0 Å². The van der Waals surface area contributed by atoms with Crippen molar-refractivity contribution in [3.05, 3.63) is 0 Å². The molecule has 0 saturated carbocycles. The van der Waals surface area contributed by atoms with Gasteiger partial charge in [0.2, 0.25) is 11.1 Å². The van der Waals surface area contributed by atoms with Crippen LogP contribution >= 0.6 is 11.5 Å². The SMILES string of the molecule is CC(C)CNc1nc(N2CCN(C)CC2)ns1. The number of hydrogen-bond donors (Lipinski definition) is 1. The van der Waals surface area contributed by atoms with E-state index in [-0.39, 0.29) is 0 Å². The van der Waals surface area contributed by atoms with Gasteiger partial charge in [0.15, 0.2) is 0 Å². The van der Waals surface area contributed by atoms with Gasteiger partial charge in [0.05, 0.1) is 0 Å². The van der Waals surface area contributed by atoms with Crippen LogP contribution < -0.4 is 10.2 Å². The molecule has 0 radical (unpaired) electrons. The van der Waals surface area contributed by atoms with Crippen molar-refractivity contribution in [2.45, 2.75) is 13.8 Å². The summed E-state index contributed by atoms with van der Waals surface area (Å²) in [6.45, 7) is 9.57. The summed E-state index contributed by atoms with van der Waals surface area (Å²) in [6, 6.07) is 0. The largest absolute Gasteiger partial charge is 0.360 e. The van der Waals surface area contributed by atoms with E-state index in [9.17, 15) is 0 Å². The highest BCUT2D eigenvalue weighted by molar-refractivity contribution is 7.09. The zero-order chi connectivity index (χ0) is 12.3. The molecular formula is C11H21N5S. The first-order chi connectivity index (χ1) is 8.15.